The lowest BCUT2D eigenvalue weighted by atomic mass is 10.1. The van der Waals surface area contributed by atoms with Crippen LogP contribution >= 0.6 is 11.8 Å². The molecule has 0 unspecified atom stereocenters. The van der Waals surface area contributed by atoms with Crippen LogP contribution in [-0.4, -0.2) is 36.5 Å². The Kier molecular flexibility index (Phi) is 9.30. The van der Waals surface area contributed by atoms with Gasteiger partial charge in [0.15, 0.2) is 0 Å². The van der Waals surface area contributed by atoms with Crippen molar-refractivity contribution < 1.29 is 14.3 Å². The largest absolute Gasteiger partial charge is 0.494 e. The van der Waals surface area contributed by atoms with Gasteiger partial charge in [-0.2, -0.15) is 11.8 Å². The molecule has 0 saturated carbocycles. The fourth-order valence-corrected chi connectivity index (χ4v) is 2.71. The molecule has 0 aliphatic heterocycles. The van der Waals surface area contributed by atoms with E-state index in [1.54, 1.807) is 18.7 Å². The molecule has 0 bridgehead atoms. The first-order valence-corrected chi connectivity index (χ1v) is 9.72. The second kappa shape index (κ2) is 11.0. The molecular formula is C18H28N2O3S. The molecule has 2 atom stereocenters. The van der Waals surface area contributed by atoms with Crippen LogP contribution in [0.4, 0.5) is 0 Å². The van der Waals surface area contributed by atoms with E-state index < -0.39 is 6.04 Å². The minimum atomic E-state index is -0.498. The standard InChI is InChI=1S/C18H28N2O3S/c1-5-17(21)20-16(10-11-24-4)18(22)19-13(3)14-8-7-9-15(12-14)23-6-2/h7-9,12-13,16H,5-6,10-11H2,1-4H3,(H,19,22)(H,20,21)/t13-,16-/m0/s1. The van der Waals surface area contributed by atoms with Gasteiger partial charge >= 0.3 is 0 Å². The van der Waals surface area contributed by atoms with E-state index >= 15 is 0 Å². The number of rotatable bonds is 10. The molecule has 2 N–H and O–H groups in total. The summed E-state index contributed by atoms with van der Waals surface area (Å²) in [7, 11) is 0. The quantitative estimate of drug-likeness (QED) is 0.679. The maximum atomic E-state index is 12.5. The first-order chi connectivity index (χ1) is 11.5. The zero-order valence-electron chi connectivity index (χ0n) is 14.9. The monoisotopic (exact) mass is 352 g/mol. The molecule has 1 rings (SSSR count). The second-order valence-corrected chi connectivity index (χ2v) is 6.48. The van der Waals surface area contributed by atoms with Crippen molar-refractivity contribution in [3.8, 4) is 5.75 Å². The molecule has 0 spiro atoms. The van der Waals surface area contributed by atoms with Gasteiger partial charge in [-0.25, -0.2) is 0 Å². The average Bonchev–Trinajstić information content (AvgIpc) is 2.58. The average molecular weight is 353 g/mol. The molecule has 134 valence electrons. The minimum Gasteiger partial charge on any atom is -0.494 e. The summed E-state index contributed by atoms with van der Waals surface area (Å²) in [5.74, 6) is 1.34. The number of carbonyl (C=O) groups is 2. The zero-order valence-corrected chi connectivity index (χ0v) is 15.7. The van der Waals surface area contributed by atoms with Crippen molar-refractivity contribution in [3.63, 3.8) is 0 Å². The normalized spacial score (nSPS) is 13.0. The lowest BCUT2D eigenvalue weighted by Gasteiger charge is -2.21. The summed E-state index contributed by atoms with van der Waals surface area (Å²) >= 11 is 1.66. The van der Waals surface area contributed by atoms with Crippen LogP contribution in [0.25, 0.3) is 0 Å². The summed E-state index contributed by atoms with van der Waals surface area (Å²) in [4.78, 5) is 24.2. The molecule has 0 fully saturated rings. The lowest BCUT2D eigenvalue weighted by molar-refractivity contribution is -0.129. The smallest absolute Gasteiger partial charge is 0.243 e. The minimum absolute atomic E-state index is 0.109. The molecular weight excluding hydrogens is 324 g/mol. The third-order valence-corrected chi connectivity index (χ3v) is 4.26. The van der Waals surface area contributed by atoms with Crippen LogP contribution in [0.2, 0.25) is 0 Å². The molecule has 0 heterocycles. The van der Waals surface area contributed by atoms with E-state index in [4.69, 9.17) is 4.74 Å². The summed E-state index contributed by atoms with van der Waals surface area (Å²) in [5, 5.41) is 5.79. The van der Waals surface area contributed by atoms with Crippen LogP contribution in [-0.2, 0) is 9.59 Å². The molecule has 0 radical (unpaired) electrons. The number of hydrogen-bond acceptors (Lipinski definition) is 4. The van der Waals surface area contributed by atoms with Gasteiger partial charge in [0.05, 0.1) is 12.6 Å². The summed E-state index contributed by atoms with van der Waals surface area (Å²) in [6.07, 6.45) is 2.97. The number of amides is 2. The predicted molar refractivity (Wildman–Crippen MR) is 99.4 cm³/mol. The fourth-order valence-electron chi connectivity index (χ4n) is 2.24. The van der Waals surface area contributed by atoms with Gasteiger partial charge in [-0.05, 0) is 50.0 Å². The Morgan fingerprint density at radius 3 is 2.62 bits per heavy atom. The molecule has 0 aromatic heterocycles. The number of ether oxygens (including phenoxy) is 1. The Morgan fingerprint density at radius 2 is 2.00 bits per heavy atom. The summed E-state index contributed by atoms with van der Waals surface area (Å²) in [5.41, 5.74) is 0.972. The van der Waals surface area contributed by atoms with Crippen molar-refractivity contribution in [2.75, 3.05) is 18.6 Å². The zero-order chi connectivity index (χ0) is 17.9. The maximum Gasteiger partial charge on any atom is 0.243 e. The number of thioether (sulfide) groups is 1. The Balaban J connectivity index is 2.73. The first kappa shape index (κ1) is 20.4. The number of benzene rings is 1. The Morgan fingerprint density at radius 1 is 1.25 bits per heavy atom. The van der Waals surface area contributed by atoms with Gasteiger partial charge in [-0.1, -0.05) is 19.1 Å². The molecule has 0 aliphatic rings. The highest BCUT2D eigenvalue weighted by atomic mass is 32.2. The lowest BCUT2D eigenvalue weighted by Crippen LogP contribution is -2.47. The van der Waals surface area contributed by atoms with Gasteiger partial charge in [0, 0.05) is 6.42 Å². The van der Waals surface area contributed by atoms with Crippen LogP contribution < -0.4 is 15.4 Å². The van der Waals surface area contributed by atoms with Crippen LogP contribution in [0, 0.1) is 0 Å². The van der Waals surface area contributed by atoms with Gasteiger partial charge in [0.25, 0.3) is 0 Å². The first-order valence-electron chi connectivity index (χ1n) is 8.33. The van der Waals surface area contributed by atoms with Crippen molar-refractivity contribution in [2.45, 2.75) is 45.7 Å². The van der Waals surface area contributed by atoms with Gasteiger partial charge in [-0.15, -0.1) is 0 Å². The number of carbonyl (C=O) groups excluding carboxylic acids is 2. The van der Waals surface area contributed by atoms with E-state index in [9.17, 15) is 9.59 Å². The topological polar surface area (TPSA) is 67.4 Å². The van der Waals surface area contributed by atoms with E-state index in [0.29, 0.717) is 19.4 Å². The predicted octanol–water partition coefficient (Wildman–Crippen LogP) is 2.91. The van der Waals surface area contributed by atoms with Crippen molar-refractivity contribution in [1.82, 2.24) is 10.6 Å². The van der Waals surface area contributed by atoms with Crippen molar-refractivity contribution in [1.29, 1.82) is 0 Å². The Labute approximate surface area is 148 Å². The van der Waals surface area contributed by atoms with Crippen LogP contribution in [0.3, 0.4) is 0 Å². The highest BCUT2D eigenvalue weighted by Crippen LogP contribution is 2.19. The van der Waals surface area contributed by atoms with E-state index in [1.165, 1.54) is 0 Å². The molecule has 0 saturated heterocycles. The summed E-state index contributed by atoms with van der Waals surface area (Å²) < 4.78 is 5.50. The van der Waals surface area contributed by atoms with E-state index in [2.05, 4.69) is 10.6 Å². The number of nitrogens with one attached hydrogen (secondary N) is 2. The molecule has 0 aliphatic carbocycles. The van der Waals surface area contributed by atoms with Gasteiger partial charge in [0.2, 0.25) is 11.8 Å². The van der Waals surface area contributed by atoms with Crippen molar-refractivity contribution in [2.24, 2.45) is 0 Å². The fraction of sp³-hybridized carbons (Fsp3) is 0.556. The maximum absolute atomic E-state index is 12.5. The second-order valence-electron chi connectivity index (χ2n) is 5.49. The van der Waals surface area contributed by atoms with Crippen LogP contribution in [0.5, 0.6) is 5.75 Å². The van der Waals surface area contributed by atoms with Crippen molar-refractivity contribution >= 4 is 23.6 Å². The highest BCUT2D eigenvalue weighted by molar-refractivity contribution is 7.98. The van der Waals surface area contributed by atoms with Gasteiger partial charge < -0.3 is 15.4 Å². The van der Waals surface area contributed by atoms with E-state index in [1.807, 2.05) is 44.4 Å². The van der Waals surface area contributed by atoms with E-state index in [0.717, 1.165) is 17.1 Å². The number of hydrogen-bond donors (Lipinski definition) is 2. The SMILES string of the molecule is CCOc1cccc([C@H](C)NC(=O)[C@H](CCSC)NC(=O)CC)c1. The van der Waals surface area contributed by atoms with Crippen molar-refractivity contribution in [3.05, 3.63) is 29.8 Å². The third-order valence-electron chi connectivity index (χ3n) is 3.61. The van der Waals surface area contributed by atoms with Gasteiger partial charge in [-0.3, -0.25) is 9.59 Å². The third kappa shape index (κ3) is 6.83. The molecule has 24 heavy (non-hydrogen) atoms. The molecule has 6 heteroatoms. The molecule has 1 aromatic carbocycles. The van der Waals surface area contributed by atoms with Gasteiger partial charge in [0.1, 0.15) is 11.8 Å². The summed E-state index contributed by atoms with van der Waals surface area (Å²) in [6.45, 7) is 6.24. The Bertz CT molecular complexity index is 537. The van der Waals surface area contributed by atoms with E-state index in [-0.39, 0.29) is 17.9 Å². The summed E-state index contributed by atoms with van der Waals surface area (Å²) in [6, 6.07) is 7.03. The highest BCUT2D eigenvalue weighted by Gasteiger charge is 2.21. The molecule has 2 amide bonds. The molecule has 5 nitrogen and oxygen atoms in total. The molecule has 1 aromatic rings. The van der Waals surface area contributed by atoms with Crippen LogP contribution in [0.15, 0.2) is 24.3 Å². The van der Waals surface area contributed by atoms with Crippen LogP contribution in [0.1, 0.15) is 45.2 Å². The Hall–Kier alpha value is -1.69.